The number of rotatable bonds is 3. The Bertz CT molecular complexity index is 365. The largest absolute Gasteiger partial charge is 0.486 e. The predicted molar refractivity (Wildman–Crippen MR) is 70.9 cm³/mol. The summed E-state index contributed by atoms with van der Waals surface area (Å²) in [5.74, 6) is 0.939. The summed E-state index contributed by atoms with van der Waals surface area (Å²) in [4.78, 5) is 0. The SMILES string of the molecule is c1nn(C2CCCCC2)cc1OC1CCCNC1. The summed E-state index contributed by atoms with van der Waals surface area (Å²) in [6.45, 7) is 2.09. The summed E-state index contributed by atoms with van der Waals surface area (Å²) < 4.78 is 8.10. The van der Waals surface area contributed by atoms with Crippen LogP contribution < -0.4 is 10.1 Å². The van der Waals surface area contributed by atoms with E-state index in [-0.39, 0.29) is 0 Å². The van der Waals surface area contributed by atoms with E-state index >= 15 is 0 Å². The molecule has 1 N–H and O–H groups in total. The van der Waals surface area contributed by atoms with Crippen LogP contribution in [-0.4, -0.2) is 29.0 Å². The molecule has 0 bridgehead atoms. The van der Waals surface area contributed by atoms with E-state index < -0.39 is 0 Å². The van der Waals surface area contributed by atoms with Gasteiger partial charge in [-0.25, -0.2) is 0 Å². The number of hydrogen-bond acceptors (Lipinski definition) is 3. The molecule has 0 radical (unpaired) electrons. The number of hydrogen-bond donors (Lipinski definition) is 1. The third-order valence-electron chi connectivity index (χ3n) is 4.08. The number of aromatic nitrogens is 2. The highest BCUT2D eigenvalue weighted by molar-refractivity contribution is 5.13. The second-order valence-corrected chi connectivity index (χ2v) is 5.53. The molecule has 2 heterocycles. The molecular weight excluding hydrogens is 226 g/mol. The van der Waals surface area contributed by atoms with Crippen LogP contribution in [0, 0.1) is 0 Å². The van der Waals surface area contributed by atoms with E-state index in [2.05, 4.69) is 21.3 Å². The van der Waals surface area contributed by atoms with Gasteiger partial charge in [0, 0.05) is 6.54 Å². The molecule has 1 unspecified atom stereocenters. The number of piperidine rings is 1. The normalized spacial score (nSPS) is 26.1. The highest BCUT2D eigenvalue weighted by atomic mass is 16.5. The lowest BCUT2D eigenvalue weighted by Crippen LogP contribution is -2.37. The molecule has 1 saturated carbocycles. The molecule has 4 heteroatoms. The summed E-state index contributed by atoms with van der Waals surface area (Å²) in [7, 11) is 0. The fourth-order valence-corrected chi connectivity index (χ4v) is 3.04. The molecule has 1 aromatic rings. The van der Waals surface area contributed by atoms with Gasteiger partial charge in [-0.1, -0.05) is 19.3 Å². The Hall–Kier alpha value is -1.03. The third-order valence-corrected chi connectivity index (χ3v) is 4.08. The van der Waals surface area contributed by atoms with Gasteiger partial charge < -0.3 is 10.1 Å². The standard InChI is InChI=1S/C14H23N3O/c1-2-5-12(6-3-1)17-11-14(10-16-17)18-13-7-4-8-15-9-13/h10-13,15H,1-9H2. The van der Waals surface area contributed by atoms with Gasteiger partial charge in [0.25, 0.3) is 0 Å². The van der Waals surface area contributed by atoms with Gasteiger partial charge in [-0.05, 0) is 32.2 Å². The van der Waals surface area contributed by atoms with E-state index in [1.807, 2.05) is 6.20 Å². The smallest absolute Gasteiger partial charge is 0.157 e. The van der Waals surface area contributed by atoms with Gasteiger partial charge in [0.2, 0.25) is 0 Å². The van der Waals surface area contributed by atoms with Crippen molar-refractivity contribution < 1.29 is 4.74 Å². The Labute approximate surface area is 109 Å². The van der Waals surface area contributed by atoms with Crippen LogP contribution >= 0.6 is 0 Å². The fourth-order valence-electron chi connectivity index (χ4n) is 3.04. The second-order valence-electron chi connectivity index (χ2n) is 5.53. The summed E-state index contributed by atoms with van der Waals surface area (Å²) in [5, 5.41) is 7.85. The van der Waals surface area contributed by atoms with Gasteiger partial charge in [0.1, 0.15) is 6.10 Å². The van der Waals surface area contributed by atoms with Crippen molar-refractivity contribution in [3.8, 4) is 5.75 Å². The molecular formula is C14H23N3O. The zero-order chi connectivity index (χ0) is 12.2. The maximum atomic E-state index is 5.98. The van der Waals surface area contributed by atoms with Crippen molar-refractivity contribution in [1.82, 2.24) is 15.1 Å². The molecule has 100 valence electrons. The van der Waals surface area contributed by atoms with E-state index in [9.17, 15) is 0 Å². The van der Waals surface area contributed by atoms with Gasteiger partial charge in [-0.3, -0.25) is 4.68 Å². The van der Waals surface area contributed by atoms with Crippen LogP contribution in [0.15, 0.2) is 12.4 Å². The van der Waals surface area contributed by atoms with Crippen molar-refractivity contribution in [3.05, 3.63) is 12.4 Å². The zero-order valence-electron chi connectivity index (χ0n) is 11.0. The fraction of sp³-hybridized carbons (Fsp3) is 0.786. The first-order chi connectivity index (χ1) is 8.92. The van der Waals surface area contributed by atoms with Crippen molar-refractivity contribution >= 4 is 0 Å². The zero-order valence-corrected chi connectivity index (χ0v) is 11.0. The minimum absolute atomic E-state index is 0.322. The summed E-state index contributed by atoms with van der Waals surface area (Å²) in [6.07, 6.45) is 13.3. The Balaban J connectivity index is 1.58. The molecule has 1 aliphatic heterocycles. The van der Waals surface area contributed by atoms with Crippen LogP contribution in [0.5, 0.6) is 5.75 Å². The van der Waals surface area contributed by atoms with Crippen molar-refractivity contribution in [2.75, 3.05) is 13.1 Å². The van der Waals surface area contributed by atoms with Gasteiger partial charge in [-0.2, -0.15) is 5.10 Å². The van der Waals surface area contributed by atoms with E-state index in [1.54, 1.807) is 0 Å². The second kappa shape index (κ2) is 5.74. The lowest BCUT2D eigenvalue weighted by atomic mass is 9.96. The highest BCUT2D eigenvalue weighted by Crippen LogP contribution is 2.28. The van der Waals surface area contributed by atoms with E-state index in [0.29, 0.717) is 12.1 Å². The van der Waals surface area contributed by atoms with Crippen LogP contribution in [0.25, 0.3) is 0 Å². The minimum atomic E-state index is 0.322. The van der Waals surface area contributed by atoms with Crippen molar-refractivity contribution in [2.45, 2.75) is 57.1 Å². The van der Waals surface area contributed by atoms with Crippen molar-refractivity contribution in [2.24, 2.45) is 0 Å². The molecule has 0 aromatic carbocycles. The molecule has 0 spiro atoms. The molecule has 0 amide bonds. The monoisotopic (exact) mass is 249 g/mol. The molecule has 1 saturated heterocycles. The number of nitrogens with zero attached hydrogens (tertiary/aromatic N) is 2. The van der Waals surface area contributed by atoms with E-state index in [4.69, 9.17) is 4.74 Å². The molecule has 1 aliphatic carbocycles. The van der Waals surface area contributed by atoms with Crippen molar-refractivity contribution in [3.63, 3.8) is 0 Å². The first-order valence-electron chi connectivity index (χ1n) is 7.33. The van der Waals surface area contributed by atoms with Gasteiger partial charge in [-0.15, -0.1) is 0 Å². The minimum Gasteiger partial charge on any atom is -0.486 e. The highest BCUT2D eigenvalue weighted by Gasteiger charge is 2.18. The molecule has 2 aliphatic rings. The van der Waals surface area contributed by atoms with Gasteiger partial charge in [0.15, 0.2) is 5.75 Å². The maximum Gasteiger partial charge on any atom is 0.157 e. The Morgan fingerprint density at radius 2 is 2.06 bits per heavy atom. The Morgan fingerprint density at radius 3 is 2.83 bits per heavy atom. The molecule has 1 aromatic heterocycles. The summed E-state index contributed by atoms with van der Waals surface area (Å²) in [5.41, 5.74) is 0. The number of ether oxygens (including phenoxy) is 1. The van der Waals surface area contributed by atoms with Gasteiger partial charge in [0.05, 0.1) is 18.4 Å². The molecule has 2 fully saturated rings. The van der Waals surface area contributed by atoms with Crippen LogP contribution in [0.4, 0.5) is 0 Å². The lowest BCUT2D eigenvalue weighted by Gasteiger charge is -2.23. The first-order valence-corrected chi connectivity index (χ1v) is 7.33. The van der Waals surface area contributed by atoms with Crippen LogP contribution in [0.1, 0.15) is 51.0 Å². The quantitative estimate of drug-likeness (QED) is 0.894. The average molecular weight is 249 g/mol. The maximum absolute atomic E-state index is 5.98. The van der Waals surface area contributed by atoms with Crippen LogP contribution in [-0.2, 0) is 0 Å². The van der Waals surface area contributed by atoms with Crippen LogP contribution in [0.3, 0.4) is 0 Å². The summed E-state index contributed by atoms with van der Waals surface area (Å²) in [6, 6.07) is 0.598. The molecule has 3 rings (SSSR count). The topological polar surface area (TPSA) is 39.1 Å². The summed E-state index contributed by atoms with van der Waals surface area (Å²) >= 11 is 0. The predicted octanol–water partition coefficient (Wildman–Crippen LogP) is 2.52. The lowest BCUT2D eigenvalue weighted by molar-refractivity contribution is 0.166. The molecule has 4 nitrogen and oxygen atoms in total. The first kappa shape index (κ1) is 12.0. The molecule has 1 atom stereocenters. The van der Waals surface area contributed by atoms with E-state index in [1.165, 1.54) is 38.5 Å². The third kappa shape index (κ3) is 2.86. The Kier molecular flexibility index (Phi) is 3.84. The van der Waals surface area contributed by atoms with E-state index in [0.717, 1.165) is 25.3 Å². The molecule has 18 heavy (non-hydrogen) atoms. The Morgan fingerprint density at radius 1 is 1.17 bits per heavy atom. The van der Waals surface area contributed by atoms with Crippen LogP contribution in [0.2, 0.25) is 0 Å². The van der Waals surface area contributed by atoms with Gasteiger partial charge >= 0.3 is 0 Å². The number of nitrogens with one attached hydrogen (secondary N) is 1. The van der Waals surface area contributed by atoms with Crippen molar-refractivity contribution in [1.29, 1.82) is 0 Å². The average Bonchev–Trinajstić information content (AvgIpc) is 2.89.